The Morgan fingerprint density at radius 3 is 2.79 bits per heavy atom. The molecular formula is C20H21BrN2O5. The number of halogens is 1. The highest BCUT2D eigenvalue weighted by atomic mass is 79.9. The minimum atomic E-state index is -1.16. The molecule has 1 aliphatic carbocycles. The van der Waals surface area contributed by atoms with Crippen LogP contribution in [0.5, 0.6) is 0 Å². The fourth-order valence-corrected chi connectivity index (χ4v) is 4.43. The van der Waals surface area contributed by atoms with E-state index in [1.807, 2.05) is 24.3 Å². The number of aliphatic hydroxyl groups excluding tert-OH is 2. The lowest BCUT2D eigenvalue weighted by molar-refractivity contribution is -0.149. The van der Waals surface area contributed by atoms with E-state index in [0.29, 0.717) is 18.6 Å². The second-order valence-electron chi connectivity index (χ2n) is 7.19. The van der Waals surface area contributed by atoms with Crippen molar-refractivity contribution >= 4 is 27.7 Å². The van der Waals surface area contributed by atoms with Crippen LogP contribution in [0.25, 0.3) is 0 Å². The van der Waals surface area contributed by atoms with Crippen molar-refractivity contribution in [3.8, 4) is 0 Å². The summed E-state index contributed by atoms with van der Waals surface area (Å²) in [5, 5.41) is 22.4. The van der Waals surface area contributed by atoms with Gasteiger partial charge in [0.15, 0.2) is 0 Å². The van der Waals surface area contributed by atoms with Crippen LogP contribution in [0, 0.1) is 11.8 Å². The molecule has 0 bridgehead atoms. The van der Waals surface area contributed by atoms with E-state index in [9.17, 15) is 19.8 Å². The number of hydrogen-bond acceptors (Lipinski definition) is 6. The molecule has 2 heterocycles. The SMILES string of the molecule is O=C1C2C=CC=C(OCc3cccc(Br)c3)C2C(=O)N1C1CCC(O)NC1O. The van der Waals surface area contributed by atoms with E-state index in [1.54, 1.807) is 18.2 Å². The monoisotopic (exact) mass is 448 g/mol. The van der Waals surface area contributed by atoms with Gasteiger partial charge in [-0.2, -0.15) is 0 Å². The Bertz CT molecular complexity index is 855. The Labute approximate surface area is 170 Å². The van der Waals surface area contributed by atoms with Gasteiger partial charge in [0.1, 0.15) is 30.7 Å². The number of aliphatic hydroxyl groups is 2. The predicted molar refractivity (Wildman–Crippen MR) is 103 cm³/mol. The zero-order valence-electron chi connectivity index (χ0n) is 15.0. The first kappa shape index (κ1) is 19.3. The molecule has 0 radical (unpaired) electrons. The number of carbonyl (C=O) groups is 2. The predicted octanol–water partition coefficient (Wildman–Crippen LogP) is 1.41. The minimum Gasteiger partial charge on any atom is -0.492 e. The van der Waals surface area contributed by atoms with Gasteiger partial charge >= 0.3 is 0 Å². The zero-order chi connectivity index (χ0) is 19.8. The molecule has 8 heteroatoms. The lowest BCUT2D eigenvalue weighted by Gasteiger charge is -2.36. The second kappa shape index (κ2) is 7.79. The zero-order valence-corrected chi connectivity index (χ0v) is 16.6. The fraction of sp³-hybridized carbons (Fsp3) is 0.400. The van der Waals surface area contributed by atoms with E-state index in [4.69, 9.17) is 4.74 Å². The highest BCUT2D eigenvalue weighted by Gasteiger charge is 2.53. The number of carbonyl (C=O) groups excluding carboxylic acids is 2. The third-order valence-corrected chi connectivity index (χ3v) is 5.85. The Kier molecular flexibility index (Phi) is 5.37. The van der Waals surface area contributed by atoms with Crippen LogP contribution in [0.3, 0.4) is 0 Å². The van der Waals surface area contributed by atoms with Crippen molar-refractivity contribution < 1.29 is 24.5 Å². The van der Waals surface area contributed by atoms with Gasteiger partial charge in [-0.1, -0.05) is 40.2 Å². The first-order valence-corrected chi connectivity index (χ1v) is 9.99. The molecule has 1 aromatic rings. The van der Waals surface area contributed by atoms with Crippen LogP contribution in [-0.2, 0) is 20.9 Å². The summed E-state index contributed by atoms with van der Waals surface area (Å²) in [7, 11) is 0. The number of amides is 2. The number of rotatable bonds is 4. The molecule has 2 amide bonds. The fourth-order valence-electron chi connectivity index (χ4n) is 3.99. The van der Waals surface area contributed by atoms with E-state index in [1.165, 1.54) is 0 Å². The number of benzene rings is 1. The molecule has 0 saturated carbocycles. The highest BCUT2D eigenvalue weighted by molar-refractivity contribution is 9.10. The van der Waals surface area contributed by atoms with Crippen LogP contribution in [0.4, 0.5) is 0 Å². The summed E-state index contributed by atoms with van der Waals surface area (Å²) in [5.41, 5.74) is 0.941. The van der Waals surface area contributed by atoms with Crippen molar-refractivity contribution in [2.24, 2.45) is 11.8 Å². The third kappa shape index (κ3) is 3.53. The van der Waals surface area contributed by atoms with Gasteiger partial charge in [0.25, 0.3) is 0 Å². The summed E-state index contributed by atoms with van der Waals surface area (Å²) < 4.78 is 6.84. The van der Waals surface area contributed by atoms with Gasteiger partial charge in [-0.3, -0.25) is 19.8 Å². The summed E-state index contributed by atoms with van der Waals surface area (Å²) in [6, 6.07) is 6.97. The highest BCUT2D eigenvalue weighted by Crippen LogP contribution is 2.39. The maximum absolute atomic E-state index is 13.1. The standard InChI is InChI=1S/C20H21BrN2O5/c21-12-4-1-3-11(9-12)10-28-15-6-2-5-13-17(15)20(27)23(19(13)26)14-7-8-16(24)22-18(14)25/h1-6,9,13-14,16-18,22,24-25H,7-8,10H2. The number of imide groups is 1. The normalized spacial score (nSPS) is 32.3. The Hall–Kier alpha value is -2.00. The topological polar surface area (TPSA) is 99.1 Å². The quantitative estimate of drug-likeness (QED) is 0.602. The molecule has 2 aliphatic heterocycles. The molecule has 3 aliphatic rings. The van der Waals surface area contributed by atoms with Crippen LogP contribution >= 0.6 is 15.9 Å². The lowest BCUT2D eigenvalue weighted by atomic mass is 9.89. The lowest BCUT2D eigenvalue weighted by Crippen LogP contribution is -2.58. The molecule has 0 spiro atoms. The van der Waals surface area contributed by atoms with Crippen molar-refractivity contribution in [1.82, 2.24) is 10.2 Å². The Balaban J connectivity index is 1.52. The summed E-state index contributed by atoms with van der Waals surface area (Å²) in [5.74, 6) is -1.61. The van der Waals surface area contributed by atoms with Crippen molar-refractivity contribution in [3.05, 3.63) is 58.3 Å². The first-order valence-electron chi connectivity index (χ1n) is 9.20. The number of ether oxygens (including phenoxy) is 1. The van der Waals surface area contributed by atoms with Gasteiger partial charge < -0.3 is 14.9 Å². The van der Waals surface area contributed by atoms with Gasteiger partial charge in [0.05, 0.1) is 12.0 Å². The van der Waals surface area contributed by atoms with Crippen molar-refractivity contribution in [2.45, 2.75) is 37.9 Å². The summed E-state index contributed by atoms with van der Waals surface area (Å²) >= 11 is 3.42. The van der Waals surface area contributed by atoms with Gasteiger partial charge in [0, 0.05) is 4.47 Å². The molecule has 28 heavy (non-hydrogen) atoms. The molecule has 5 atom stereocenters. The average molecular weight is 449 g/mol. The molecule has 0 aromatic heterocycles. The van der Waals surface area contributed by atoms with Gasteiger partial charge in [-0.25, -0.2) is 0 Å². The molecule has 4 rings (SSSR count). The molecule has 2 saturated heterocycles. The summed E-state index contributed by atoms with van der Waals surface area (Å²) in [6.45, 7) is 0.281. The smallest absolute Gasteiger partial charge is 0.241 e. The largest absolute Gasteiger partial charge is 0.492 e. The van der Waals surface area contributed by atoms with Crippen molar-refractivity contribution in [3.63, 3.8) is 0 Å². The summed E-state index contributed by atoms with van der Waals surface area (Å²) in [6.07, 6.45) is 3.84. The van der Waals surface area contributed by atoms with Crippen LogP contribution < -0.4 is 5.32 Å². The molecule has 5 unspecified atom stereocenters. The second-order valence-corrected chi connectivity index (χ2v) is 8.11. The number of fused-ring (bicyclic) bond motifs is 1. The number of piperidine rings is 1. The van der Waals surface area contributed by atoms with Gasteiger partial charge in [-0.05, 0) is 36.6 Å². The number of nitrogens with one attached hydrogen (secondary N) is 1. The van der Waals surface area contributed by atoms with E-state index < -0.39 is 30.3 Å². The first-order chi connectivity index (χ1) is 13.5. The minimum absolute atomic E-state index is 0.281. The maximum atomic E-state index is 13.1. The van der Waals surface area contributed by atoms with Crippen LogP contribution in [0.2, 0.25) is 0 Å². The van der Waals surface area contributed by atoms with Gasteiger partial charge in [0.2, 0.25) is 11.8 Å². The van der Waals surface area contributed by atoms with E-state index in [0.717, 1.165) is 14.9 Å². The van der Waals surface area contributed by atoms with E-state index in [2.05, 4.69) is 21.2 Å². The maximum Gasteiger partial charge on any atom is 0.241 e. The van der Waals surface area contributed by atoms with E-state index >= 15 is 0 Å². The molecule has 7 nitrogen and oxygen atoms in total. The number of hydrogen-bond donors (Lipinski definition) is 3. The van der Waals surface area contributed by atoms with Crippen molar-refractivity contribution in [2.75, 3.05) is 0 Å². The van der Waals surface area contributed by atoms with Crippen molar-refractivity contribution in [1.29, 1.82) is 0 Å². The molecule has 1 aromatic carbocycles. The van der Waals surface area contributed by atoms with Crippen LogP contribution in [-0.4, -0.2) is 45.4 Å². The van der Waals surface area contributed by atoms with Gasteiger partial charge in [-0.15, -0.1) is 0 Å². The summed E-state index contributed by atoms with van der Waals surface area (Å²) in [4.78, 5) is 27.1. The molecule has 2 fully saturated rings. The molecule has 148 valence electrons. The van der Waals surface area contributed by atoms with E-state index in [-0.39, 0.29) is 18.4 Å². The third-order valence-electron chi connectivity index (χ3n) is 5.36. The van der Waals surface area contributed by atoms with Crippen LogP contribution in [0.15, 0.2) is 52.7 Å². The average Bonchev–Trinajstić information content (AvgIpc) is 2.92. The molecular weight excluding hydrogens is 428 g/mol. The molecule has 3 N–H and O–H groups in total. The Morgan fingerprint density at radius 2 is 2.04 bits per heavy atom. The number of allylic oxidation sites excluding steroid dienone is 2. The number of nitrogens with zero attached hydrogens (tertiary/aromatic N) is 1. The Morgan fingerprint density at radius 1 is 1.21 bits per heavy atom. The van der Waals surface area contributed by atoms with Crippen LogP contribution in [0.1, 0.15) is 18.4 Å². The number of likely N-dealkylation sites (tertiary alicyclic amines) is 1.